The van der Waals surface area contributed by atoms with Crippen LogP contribution >= 0.6 is 0 Å². The largest absolute Gasteiger partial charge is 0.370 e. The number of nitrogens with two attached hydrogens (primary N) is 1. The van der Waals surface area contributed by atoms with Crippen molar-refractivity contribution in [3.63, 3.8) is 0 Å². The Balaban J connectivity index is 4.50. The first-order valence-electron chi connectivity index (χ1n) is 8.11. The maximum Gasteiger partial charge on any atom is 0.220 e. The van der Waals surface area contributed by atoms with Crippen LogP contribution in [0, 0.1) is 5.41 Å². The minimum Gasteiger partial charge on any atom is -0.370 e. The minimum atomic E-state index is -0.958. The lowest BCUT2D eigenvalue weighted by molar-refractivity contribution is -0.122. The molecule has 0 fully saturated rings. The number of hydrogen-bond donors (Lipinski definition) is 2. The second-order valence-electron chi connectivity index (χ2n) is 6.85. The third-order valence-corrected chi connectivity index (χ3v) is 3.15. The fraction of sp³-hybridized carbons (Fsp3) is 0.765. The van der Waals surface area contributed by atoms with Crippen LogP contribution in [-0.4, -0.2) is 17.9 Å². The van der Waals surface area contributed by atoms with Gasteiger partial charge in [-0.2, -0.15) is 0 Å². The van der Waals surface area contributed by atoms with Gasteiger partial charge in [0.05, 0.1) is 12.5 Å². The van der Waals surface area contributed by atoms with Crippen LogP contribution in [-0.2, 0) is 9.59 Å². The predicted molar refractivity (Wildman–Crippen MR) is 87.8 cm³/mol. The first-order chi connectivity index (χ1) is 10.2. The van der Waals surface area contributed by atoms with E-state index in [4.69, 9.17) is 5.73 Å². The van der Waals surface area contributed by atoms with Crippen molar-refractivity contribution in [1.82, 2.24) is 5.32 Å². The molecule has 0 saturated carbocycles. The number of amides is 2. The molecule has 0 radical (unpaired) electrons. The van der Waals surface area contributed by atoms with Crippen molar-refractivity contribution in [3.05, 3.63) is 11.9 Å². The molecular formula is C17H31FN2O2. The monoisotopic (exact) mass is 314 g/mol. The third kappa shape index (κ3) is 11.3. The number of carbonyl (C=O) groups is 2. The Morgan fingerprint density at radius 3 is 2.27 bits per heavy atom. The van der Waals surface area contributed by atoms with Gasteiger partial charge in [0, 0.05) is 6.42 Å². The highest BCUT2D eigenvalue weighted by Gasteiger charge is 2.21. The summed E-state index contributed by atoms with van der Waals surface area (Å²) in [6.07, 6.45) is 6.73. The molecule has 0 heterocycles. The summed E-state index contributed by atoms with van der Waals surface area (Å²) in [5.74, 6) is -1.38. The Kier molecular flexibility index (Phi) is 9.70. The molecule has 1 atom stereocenters. The predicted octanol–water partition coefficient (Wildman–Crippen LogP) is 3.61. The molecule has 0 saturated heterocycles. The second kappa shape index (κ2) is 10.4. The molecule has 0 aliphatic rings. The Morgan fingerprint density at radius 1 is 1.18 bits per heavy atom. The summed E-state index contributed by atoms with van der Waals surface area (Å²) in [6, 6.07) is -0.958. The van der Waals surface area contributed by atoms with Crippen LogP contribution in [0.15, 0.2) is 11.9 Å². The second-order valence-corrected chi connectivity index (χ2v) is 6.85. The zero-order chi connectivity index (χ0) is 17.2. The number of nitrogens with one attached hydrogen (secondary N) is 1. The van der Waals surface area contributed by atoms with E-state index in [9.17, 15) is 14.0 Å². The SMILES string of the molecule is CCCCCCCC(=O)N[C@H](CC(N)=O)/C(F)=C/C(C)(C)C. The maximum absolute atomic E-state index is 14.2. The van der Waals surface area contributed by atoms with Crippen molar-refractivity contribution >= 4 is 11.8 Å². The molecule has 0 aromatic heterocycles. The van der Waals surface area contributed by atoms with Crippen molar-refractivity contribution in [3.8, 4) is 0 Å². The van der Waals surface area contributed by atoms with Crippen molar-refractivity contribution in [2.75, 3.05) is 0 Å². The molecule has 22 heavy (non-hydrogen) atoms. The molecule has 4 nitrogen and oxygen atoms in total. The molecule has 0 rings (SSSR count). The summed E-state index contributed by atoms with van der Waals surface area (Å²) in [5.41, 5.74) is 4.77. The van der Waals surface area contributed by atoms with Gasteiger partial charge in [-0.1, -0.05) is 53.4 Å². The normalized spacial score (nSPS) is 13.8. The fourth-order valence-electron chi connectivity index (χ4n) is 2.09. The van der Waals surface area contributed by atoms with E-state index in [0.717, 1.165) is 32.1 Å². The van der Waals surface area contributed by atoms with Crippen molar-refractivity contribution in [2.24, 2.45) is 11.1 Å². The Morgan fingerprint density at radius 2 is 1.77 bits per heavy atom. The van der Waals surface area contributed by atoms with E-state index < -0.39 is 17.8 Å². The topological polar surface area (TPSA) is 72.2 Å². The van der Waals surface area contributed by atoms with Crippen molar-refractivity contribution in [1.29, 1.82) is 0 Å². The molecule has 0 spiro atoms. The van der Waals surface area contributed by atoms with Crippen LogP contribution in [0.25, 0.3) is 0 Å². The summed E-state index contributed by atoms with van der Waals surface area (Å²) in [7, 11) is 0. The van der Waals surface area contributed by atoms with Gasteiger partial charge in [0.25, 0.3) is 0 Å². The first-order valence-corrected chi connectivity index (χ1v) is 8.11. The standard InChI is InChI=1S/C17H31FN2O2/c1-5-6-7-8-9-10-16(22)20-14(11-15(19)21)13(18)12-17(2,3)4/h12,14H,5-11H2,1-4H3,(H2,19,21)(H,20,22)/b13-12-/t14-/m1/s1. The van der Waals surface area contributed by atoms with E-state index >= 15 is 0 Å². The maximum atomic E-state index is 14.2. The van der Waals surface area contributed by atoms with Gasteiger partial charge in [0.15, 0.2) is 0 Å². The number of halogens is 1. The number of allylic oxidation sites excluding steroid dienone is 1. The molecule has 0 aromatic carbocycles. The summed E-state index contributed by atoms with van der Waals surface area (Å²) in [5, 5.41) is 2.58. The van der Waals surface area contributed by atoms with Crippen LogP contribution in [0.1, 0.15) is 72.6 Å². The highest BCUT2D eigenvalue weighted by Crippen LogP contribution is 2.21. The van der Waals surface area contributed by atoms with E-state index in [1.54, 1.807) is 0 Å². The summed E-state index contributed by atoms with van der Waals surface area (Å²) >= 11 is 0. The molecule has 3 N–H and O–H groups in total. The average Bonchev–Trinajstić information content (AvgIpc) is 2.35. The van der Waals surface area contributed by atoms with Crippen LogP contribution < -0.4 is 11.1 Å². The van der Waals surface area contributed by atoms with Crippen LogP contribution in [0.5, 0.6) is 0 Å². The highest BCUT2D eigenvalue weighted by atomic mass is 19.1. The van der Waals surface area contributed by atoms with Crippen molar-refractivity contribution < 1.29 is 14.0 Å². The lowest BCUT2D eigenvalue weighted by Gasteiger charge is -2.19. The van der Waals surface area contributed by atoms with Gasteiger partial charge in [-0.05, 0) is 17.9 Å². The van der Waals surface area contributed by atoms with Crippen molar-refractivity contribution in [2.45, 2.75) is 78.7 Å². The van der Waals surface area contributed by atoms with E-state index in [2.05, 4.69) is 12.2 Å². The molecular weight excluding hydrogens is 283 g/mol. The summed E-state index contributed by atoms with van der Waals surface area (Å²) in [6.45, 7) is 7.68. The number of primary amides is 1. The van der Waals surface area contributed by atoms with E-state index in [1.165, 1.54) is 6.08 Å². The number of carbonyl (C=O) groups excluding carboxylic acids is 2. The number of unbranched alkanes of at least 4 members (excludes halogenated alkanes) is 4. The van der Waals surface area contributed by atoms with Crippen LogP contribution in [0.2, 0.25) is 0 Å². The zero-order valence-electron chi connectivity index (χ0n) is 14.4. The van der Waals surface area contributed by atoms with Gasteiger partial charge in [0.2, 0.25) is 11.8 Å². The Hall–Kier alpha value is -1.39. The minimum absolute atomic E-state index is 0.222. The molecule has 5 heteroatoms. The van der Waals surface area contributed by atoms with E-state index in [0.29, 0.717) is 6.42 Å². The molecule has 2 amide bonds. The van der Waals surface area contributed by atoms with Gasteiger partial charge < -0.3 is 11.1 Å². The van der Waals surface area contributed by atoms with Crippen LogP contribution in [0.4, 0.5) is 4.39 Å². The molecule has 0 unspecified atom stereocenters. The molecule has 0 aliphatic heterocycles. The smallest absolute Gasteiger partial charge is 0.220 e. The average molecular weight is 314 g/mol. The lowest BCUT2D eigenvalue weighted by Crippen LogP contribution is -2.38. The zero-order valence-corrected chi connectivity index (χ0v) is 14.4. The highest BCUT2D eigenvalue weighted by molar-refractivity contribution is 5.79. The molecule has 0 aliphatic carbocycles. The Bertz CT molecular complexity index is 387. The summed E-state index contributed by atoms with van der Waals surface area (Å²) < 4.78 is 14.2. The quantitative estimate of drug-likeness (QED) is 0.605. The van der Waals surface area contributed by atoms with E-state index in [1.807, 2.05) is 20.8 Å². The lowest BCUT2D eigenvalue weighted by atomic mass is 9.94. The Labute approximate surface area is 133 Å². The van der Waals surface area contributed by atoms with Gasteiger partial charge in [-0.3, -0.25) is 9.59 Å². The third-order valence-electron chi connectivity index (χ3n) is 3.15. The van der Waals surface area contributed by atoms with Gasteiger partial charge in [0.1, 0.15) is 5.83 Å². The van der Waals surface area contributed by atoms with E-state index in [-0.39, 0.29) is 17.7 Å². The van der Waals surface area contributed by atoms with Crippen LogP contribution in [0.3, 0.4) is 0 Å². The van der Waals surface area contributed by atoms with Gasteiger partial charge >= 0.3 is 0 Å². The molecule has 0 bridgehead atoms. The number of hydrogen-bond acceptors (Lipinski definition) is 2. The molecule has 128 valence electrons. The van der Waals surface area contributed by atoms with Gasteiger partial charge in [-0.15, -0.1) is 0 Å². The fourth-order valence-corrected chi connectivity index (χ4v) is 2.09. The van der Waals surface area contributed by atoms with Gasteiger partial charge in [-0.25, -0.2) is 4.39 Å². The molecule has 0 aromatic rings. The summed E-state index contributed by atoms with van der Waals surface area (Å²) in [4.78, 5) is 23.0. The first kappa shape index (κ1) is 20.6. The number of rotatable bonds is 10.